The Morgan fingerprint density at radius 1 is 0.963 bits per heavy atom. The quantitative estimate of drug-likeness (QED) is 0.199. The van der Waals surface area contributed by atoms with Crippen LogP contribution in [0.4, 0.5) is 0 Å². The Morgan fingerprint density at radius 2 is 1.52 bits per heavy atom. The Kier molecular flexibility index (Phi) is 11.0. The molecule has 0 aromatic heterocycles. The zero-order valence-electron chi connectivity index (χ0n) is 15.9. The van der Waals surface area contributed by atoms with Crippen molar-refractivity contribution in [1.29, 1.82) is 0 Å². The fourth-order valence-electron chi connectivity index (χ4n) is 2.13. The Hall–Kier alpha value is -1.85. The number of hydrogen-bond acceptors (Lipinski definition) is 7. The summed E-state index contributed by atoms with van der Waals surface area (Å²) in [6.45, 7) is 6.47. The molecular weight excluding hydrogens is 376 g/mol. The van der Waals surface area contributed by atoms with Gasteiger partial charge in [0.25, 0.3) is 0 Å². The highest BCUT2D eigenvalue weighted by Crippen LogP contribution is 2.03. The van der Waals surface area contributed by atoms with Gasteiger partial charge >= 0.3 is 5.97 Å². The first-order chi connectivity index (χ1) is 12.4. The van der Waals surface area contributed by atoms with Crippen LogP contribution in [-0.4, -0.2) is 69.9 Å². The Bertz CT molecular complexity index is 543. The third kappa shape index (κ3) is 9.07. The largest absolute Gasteiger partial charge is 0.480 e. The van der Waals surface area contributed by atoms with Crippen molar-refractivity contribution in [3.63, 3.8) is 0 Å². The number of nitrogens with two attached hydrogens (primary N) is 1. The van der Waals surface area contributed by atoms with E-state index in [1.54, 1.807) is 0 Å². The van der Waals surface area contributed by atoms with Gasteiger partial charge in [0.05, 0.1) is 12.1 Å². The van der Waals surface area contributed by atoms with Gasteiger partial charge in [-0.1, -0.05) is 13.8 Å². The zero-order valence-corrected chi connectivity index (χ0v) is 16.8. The van der Waals surface area contributed by atoms with E-state index < -0.39 is 54.0 Å². The molecule has 0 bridgehead atoms. The summed E-state index contributed by atoms with van der Waals surface area (Å²) in [5.41, 5.74) is 5.75. The second-order valence-corrected chi connectivity index (χ2v) is 7.14. The summed E-state index contributed by atoms with van der Waals surface area (Å²) in [6, 6.07) is -4.39. The van der Waals surface area contributed by atoms with E-state index in [4.69, 9.17) is 10.8 Å². The highest BCUT2D eigenvalue weighted by atomic mass is 32.1. The molecule has 11 heteroatoms. The molecule has 0 aliphatic heterocycles. The molecule has 0 saturated heterocycles. The molecule has 0 radical (unpaired) electrons. The van der Waals surface area contributed by atoms with Gasteiger partial charge in [-0.15, -0.1) is 0 Å². The molecule has 156 valence electrons. The SMILES string of the molecule is CC(C)CC(N)C(=O)NC(C)C(=O)NC(CS)C(=O)NC(C(=O)O)C(C)O. The molecular formula is C16H30N4O6S. The van der Waals surface area contributed by atoms with E-state index >= 15 is 0 Å². The number of thiol groups is 1. The van der Waals surface area contributed by atoms with Gasteiger partial charge in [0.2, 0.25) is 17.7 Å². The number of rotatable bonds is 11. The van der Waals surface area contributed by atoms with Crippen molar-refractivity contribution in [2.75, 3.05) is 5.75 Å². The van der Waals surface area contributed by atoms with Gasteiger partial charge in [-0.3, -0.25) is 14.4 Å². The predicted molar refractivity (Wildman–Crippen MR) is 102 cm³/mol. The van der Waals surface area contributed by atoms with E-state index in [1.165, 1.54) is 13.8 Å². The molecule has 0 aromatic carbocycles. The molecule has 0 spiro atoms. The third-order valence-electron chi connectivity index (χ3n) is 3.68. The van der Waals surface area contributed by atoms with E-state index in [0.29, 0.717) is 6.42 Å². The smallest absolute Gasteiger partial charge is 0.328 e. The van der Waals surface area contributed by atoms with Gasteiger partial charge in [-0.05, 0) is 26.2 Å². The van der Waals surface area contributed by atoms with Crippen LogP contribution in [0.25, 0.3) is 0 Å². The second-order valence-electron chi connectivity index (χ2n) is 6.78. The number of carboxylic acid groups (broad SMARTS) is 1. The molecule has 0 aromatic rings. The average molecular weight is 407 g/mol. The van der Waals surface area contributed by atoms with Crippen LogP contribution in [0.3, 0.4) is 0 Å². The predicted octanol–water partition coefficient (Wildman–Crippen LogP) is -1.77. The fourth-order valence-corrected chi connectivity index (χ4v) is 2.39. The fraction of sp³-hybridized carbons (Fsp3) is 0.750. The summed E-state index contributed by atoms with van der Waals surface area (Å²) in [6.07, 6.45) is -0.874. The summed E-state index contributed by atoms with van der Waals surface area (Å²) < 4.78 is 0. The van der Waals surface area contributed by atoms with Crippen molar-refractivity contribution in [3.8, 4) is 0 Å². The van der Waals surface area contributed by atoms with Gasteiger partial charge in [0.15, 0.2) is 6.04 Å². The molecule has 0 fully saturated rings. The van der Waals surface area contributed by atoms with Gasteiger partial charge in [-0.2, -0.15) is 12.6 Å². The molecule has 0 rings (SSSR count). The van der Waals surface area contributed by atoms with Gasteiger partial charge < -0.3 is 31.9 Å². The average Bonchev–Trinajstić information content (AvgIpc) is 2.55. The lowest BCUT2D eigenvalue weighted by Crippen LogP contribution is -2.58. The maximum absolute atomic E-state index is 12.2. The first-order valence-corrected chi connectivity index (χ1v) is 9.22. The lowest BCUT2D eigenvalue weighted by atomic mass is 10.0. The van der Waals surface area contributed by atoms with Crippen molar-refractivity contribution >= 4 is 36.3 Å². The minimum atomic E-state index is -1.53. The summed E-state index contributed by atoms with van der Waals surface area (Å²) in [5, 5.41) is 25.4. The minimum Gasteiger partial charge on any atom is -0.480 e. The summed E-state index contributed by atoms with van der Waals surface area (Å²) in [4.78, 5) is 47.4. The molecule has 10 nitrogen and oxygen atoms in total. The number of aliphatic hydroxyl groups is 1. The molecule has 0 aliphatic rings. The van der Waals surface area contributed by atoms with Crippen LogP contribution in [0, 0.1) is 5.92 Å². The molecule has 0 aliphatic carbocycles. The molecule has 7 N–H and O–H groups in total. The topological polar surface area (TPSA) is 171 Å². The number of nitrogens with one attached hydrogen (secondary N) is 3. The number of hydrogen-bond donors (Lipinski definition) is 7. The standard InChI is InChI=1S/C16H30N4O6S/c1-7(2)5-10(17)14(23)18-8(3)13(22)19-11(6-27)15(24)20-12(9(4)21)16(25)26/h7-12,21,27H,5-6,17H2,1-4H3,(H,18,23)(H,19,22)(H,20,24)(H,25,26). The lowest BCUT2D eigenvalue weighted by Gasteiger charge is -2.23. The summed E-state index contributed by atoms with van der Waals surface area (Å²) in [7, 11) is 0. The first-order valence-electron chi connectivity index (χ1n) is 8.59. The van der Waals surface area contributed by atoms with Crippen molar-refractivity contribution < 1.29 is 29.4 Å². The summed E-state index contributed by atoms with van der Waals surface area (Å²) >= 11 is 3.97. The second kappa shape index (κ2) is 11.8. The highest BCUT2D eigenvalue weighted by molar-refractivity contribution is 7.80. The monoisotopic (exact) mass is 406 g/mol. The van der Waals surface area contributed by atoms with Crippen LogP contribution >= 0.6 is 12.6 Å². The molecule has 27 heavy (non-hydrogen) atoms. The Balaban J connectivity index is 4.80. The number of amides is 3. The molecule has 5 atom stereocenters. The summed E-state index contributed by atoms with van der Waals surface area (Å²) in [5.74, 6) is -3.28. The molecule has 3 amide bonds. The minimum absolute atomic E-state index is 0.114. The number of carbonyl (C=O) groups excluding carboxylic acids is 3. The van der Waals surface area contributed by atoms with Gasteiger partial charge in [0, 0.05) is 5.75 Å². The first kappa shape index (κ1) is 25.1. The Morgan fingerprint density at radius 3 is 1.93 bits per heavy atom. The van der Waals surface area contributed by atoms with Crippen molar-refractivity contribution in [2.24, 2.45) is 11.7 Å². The van der Waals surface area contributed by atoms with E-state index in [0.717, 1.165) is 0 Å². The lowest BCUT2D eigenvalue weighted by molar-refractivity contribution is -0.145. The normalized spacial score (nSPS) is 16.6. The zero-order chi connectivity index (χ0) is 21.3. The van der Waals surface area contributed by atoms with Crippen LogP contribution in [0.2, 0.25) is 0 Å². The van der Waals surface area contributed by atoms with E-state index in [2.05, 4.69) is 28.6 Å². The van der Waals surface area contributed by atoms with Crippen molar-refractivity contribution in [3.05, 3.63) is 0 Å². The van der Waals surface area contributed by atoms with E-state index in [9.17, 15) is 24.3 Å². The molecule has 0 saturated carbocycles. The molecule has 0 heterocycles. The Labute approximate surface area is 164 Å². The number of aliphatic hydroxyl groups excluding tert-OH is 1. The highest BCUT2D eigenvalue weighted by Gasteiger charge is 2.30. The van der Waals surface area contributed by atoms with Crippen LogP contribution in [0.5, 0.6) is 0 Å². The number of aliphatic carboxylic acids is 1. The van der Waals surface area contributed by atoms with Crippen LogP contribution in [0.1, 0.15) is 34.1 Å². The van der Waals surface area contributed by atoms with E-state index in [1.807, 2.05) is 13.8 Å². The van der Waals surface area contributed by atoms with Crippen LogP contribution in [0.15, 0.2) is 0 Å². The molecule has 5 unspecified atom stereocenters. The van der Waals surface area contributed by atoms with Crippen LogP contribution < -0.4 is 21.7 Å². The van der Waals surface area contributed by atoms with E-state index in [-0.39, 0.29) is 11.7 Å². The van der Waals surface area contributed by atoms with Gasteiger partial charge in [-0.25, -0.2) is 4.79 Å². The maximum atomic E-state index is 12.2. The number of carboxylic acids is 1. The van der Waals surface area contributed by atoms with Crippen LogP contribution in [-0.2, 0) is 19.2 Å². The maximum Gasteiger partial charge on any atom is 0.328 e. The van der Waals surface area contributed by atoms with Crippen molar-refractivity contribution in [1.82, 2.24) is 16.0 Å². The number of carbonyl (C=O) groups is 4. The van der Waals surface area contributed by atoms with Crippen molar-refractivity contribution in [2.45, 2.75) is 64.4 Å². The third-order valence-corrected chi connectivity index (χ3v) is 4.04. The van der Waals surface area contributed by atoms with Gasteiger partial charge in [0.1, 0.15) is 12.1 Å².